The zero-order valence-electron chi connectivity index (χ0n) is 8.80. The second-order valence-corrected chi connectivity index (χ2v) is 4.47. The van der Waals surface area contributed by atoms with Crippen LogP contribution in [0, 0.1) is 6.92 Å². The molecule has 0 aromatic carbocycles. The monoisotopic (exact) mass is 191 g/mol. The smallest absolute Gasteiger partial charge is 0.128 e. The van der Waals surface area contributed by atoms with Gasteiger partial charge in [-0.1, -0.05) is 0 Å². The molecule has 76 valence electrons. The minimum atomic E-state index is 0.245. The van der Waals surface area contributed by atoms with Crippen LogP contribution in [0.25, 0.3) is 0 Å². The quantitative estimate of drug-likeness (QED) is 0.754. The normalized spacial score (nSPS) is 18.7. The van der Waals surface area contributed by atoms with Crippen molar-refractivity contribution in [2.75, 3.05) is 11.1 Å². The summed E-state index contributed by atoms with van der Waals surface area (Å²) in [7, 11) is 0. The Morgan fingerprint density at radius 2 is 2.21 bits per heavy atom. The molecule has 1 fully saturated rings. The molecule has 0 spiro atoms. The van der Waals surface area contributed by atoms with Gasteiger partial charge in [0.1, 0.15) is 5.82 Å². The fraction of sp³-hybridized carbons (Fsp3) is 0.545. The zero-order valence-corrected chi connectivity index (χ0v) is 8.80. The first kappa shape index (κ1) is 9.31. The van der Waals surface area contributed by atoms with E-state index in [4.69, 9.17) is 5.73 Å². The highest BCUT2D eigenvalue weighted by Crippen LogP contribution is 2.34. The van der Waals surface area contributed by atoms with Crippen LogP contribution in [0.2, 0.25) is 0 Å². The molecule has 0 atom stereocenters. The highest BCUT2D eigenvalue weighted by atomic mass is 15.1. The fourth-order valence-electron chi connectivity index (χ4n) is 1.75. The van der Waals surface area contributed by atoms with Gasteiger partial charge in [0.25, 0.3) is 0 Å². The molecule has 1 aromatic heterocycles. The van der Waals surface area contributed by atoms with E-state index in [9.17, 15) is 0 Å². The molecular weight excluding hydrogens is 174 g/mol. The SMILES string of the molecule is Cc1cnc(NC2(C)CCC2)cc1N. The van der Waals surface area contributed by atoms with Crippen molar-refractivity contribution >= 4 is 11.5 Å². The standard InChI is InChI=1S/C11H17N3/c1-8-7-13-10(6-9(8)12)14-11(2)4-3-5-11/h6-7H,3-5H2,1-2H3,(H3,12,13,14). The number of pyridine rings is 1. The molecule has 1 aliphatic carbocycles. The number of nitrogens with zero attached hydrogens (tertiary/aromatic N) is 1. The van der Waals surface area contributed by atoms with Crippen molar-refractivity contribution in [3.8, 4) is 0 Å². The number of nitrogens with one attached hydrogen (secondary N) is 1. The van der Waals surface area contributed by atoms with Gasteiger partial charge in [-0.2, -0.15) is 0 Å². The number of rotatable bonds is 2. The molecule has 1 saturated carbocycles. The first-order valence-corrected chi connectivity index (χ1v) is 5.09. The van der Waals surface area contributed by atoms with Crippen molar-refractivity contribution in [2.24, 2.45) is 0 Å². The van der Waals surface area contributed by atoms with Crippen LogP contribution < -0.4 is 11.1 Å². The van der Waals surface area contributed by atoms with Crippen molar-refractivity contribution in [1.29, 1.82) is 0 Å². The zero-order chi connectivity index (χ0) is 10.2. The minimum Gasteiger partial charge on any atom is -0.398 e. The lowest BCUT2D eigenvalue weighted by atomic mass is 9.78. The van der Waals surface area contributed by atoms with Crippen LogP contribution >= 0.6 is 0 Å². The summed E-state index contributed by atoms with van der Waals surface area (Å²) in [6.45, 7) is 4.20. The molecule has 3 N–H and O–H groups in total. The molecule has 0 amide bonds. The molecule has 1 heterocycles. The molecule has 1 aliphatic rings. The third kappa shape index (κ3) is 1.67. The molecule has 0 saturated heterocycles. The van der Waals surface area contributed by atoms with E-state index in [2.05, 4.69) is 17.2 Å². The van der Waals surface area contributed by atoms with Gasteiger partial charge in [0.15, 0.2) is 0 Å². The summed E-state index contributed by atoms with van der Waals surface area (Å²) in [4.78, 5) is 4.32. The van der Waals surface area contributed by atoms with E-state index >= 15 is 0 Å². The first-order chi connectivity index (χ1) is 6.59. The lowest BCUT2D eigenvalue weighted by Crippen LogP contribution is -2.41. The van der Waals surface area contributed by atoms with Crippen LogP contribution in [0.5, 0.6) is 0 Å². The molecular formula is C11H17N3. The second-order valence-electron chi connectivity index (χ2n) is 4.47. The number of aryl methyl sites for hydroxylation is 1. The summed E-state index contributed by atoms with van der Waals surface area (Å²) in [5, 5.41) is 3.43. The summed E-state index contributed by atoms with van der Waals surface area (Å²) < 4.78 is 0. The third-order valence-electron chi connectivity index (χ3n) is 3.03. The molecule has 0 bridgehead atoms. The molecule has 0 unspecified atom stereocenters. The van der Waals surface area contributed by atoms with E-state index in [0.717, 1.165) is 17.1 Å². The highest BCUT2D eigenvalue weighted by molar-refractivity contribution is 5.54. The maximum Gasteiger partial charge on any atom is 0.128 e. The van der Waals surface area contributed by atoms with E-state index in [1.807, 2.05) is 19.2 Å². The minimum absolute atomic E-state index is 0.245. The van der Waals surface area contributed by atoms with E-state index in [0.29, 0.717) is 0 Å². The molecule has 1 aromatic rings. The van der Waals surface area contributed by atoms with Gasteiger partial charge in [0, 0.05) is 23.5 Å². The van der Waals surface area contributed by atoms with E-state index in [1.165, 1.54) is 19.3 Å². The fourth-order valence-corrected chi connectivity index (χ4v) is 1.75. The van der Waals surface area contributed by atoms with Crippen molar-refractivity contribution in [3.63, 3.8) is 0 Å². The van der Waals surface area contributed by atoms with E-state index in [-0.39, 0.29) is 5.54 Å². The Bertz CT molecular complexity index is 342. The predicted octanol–water partition coefficient (Wildman–Crippen LogP) is 2.33. The Balaban J connectivity index is 2.13. The Morgan fingerprint density at radius 1 is 1.50 bits per heavy atom. The average molecular weight is 191 g/mol. The first-order valence-electron chi connectivity index (χ1n) is 5.09. The largest absolute Gasteiger partial charge is 0.398 e. The van der Waals surface area contributed by atoms with E-state index in [1.54, 1.807) is 0 Å². The summed E-state index contributed by atoms with van der Waals surface area (Å²) in [6.07, 6.45) is 5.58. The molecule has 0 radical (unpaired) electrons. The number of hydrogen-bond donors (Lipinski definition) is 2. The number of nitrogen functional groups attached to an aromatic ring is 1. The van der Waals surface area contributed by atoms with Crippen LogP contribution in [-0.2, 0) is 0 Å². The van der Waals surface area contributed by atoms with Gasteiger partial charge in [0.2, 0.25) is 0 Å². The van der Waals surface area contributed by atoms with E-state index < -0.39 is 0 Å². The Morgan fingerprint density at radius 3 is 2.71 bits per heavy atom. The predicted molar refractivity (Wildman–Crippen MR) is 59.3 cm³/mol. The number of aromatic nitrogens is 1. The summed E-state index contributed by atoms with van der Waals surface area (Å²) >= 11 is 0. The number of anilines is 2. The van der Waals surface area contributed by atoms with Crippen molar-refractivity contribution in [3.05, 3.63) is 17.8 Å². The van der Waals surface area contributed by atoms with Gasteiger partial charge in [-0.15, -0.1) is 0 Å². The second kappa shape index (κ2) is 3.15. The topological polar surface area (TPSA) is 50.9 Å². The van der Waals surface area contributed by atoms with Crippen LogP contribution in [0.3, 0.4) is 0 Å². The van der Waals surface area contributed by atoms with Gasteiger partial charge >= 0.3 is 0 Å². The summed E-state index contributed by atoms with van der Waals surface area (Å²) in [5.41, 5.74) is 7.91. The Kier molecular flexibility index (Phi) is 2.10. The van der Waals surface area contributed by atoms with Gasteiger partial charge in [-0.3, -0.25) is 0 Å². The van der Waals surface area contributed by atoms with Gasteiger partial charge < -0.3 is 11.1 Å². The number of hydrogen-bond acceptors (Lipinski definition) is 3. The van der Waals surface area contributed by atoms with Gasteiger partial charge in [0.05, 0.1) is 0 Å². The number of nitrogens with two attached hydrogens (primary N) is 1. The molecule has 14 heavy (non-hydrogen) atoms. The third-order valence-corrected chi connectivity index (χ3v) is 3.03. The molecule has 3 nitrogen and oxygen atoms in total. The van der Waals surface area contributed by atoms with Crippen LogP contribution in [0.1, 0.15) is 31.7 Å². The van der Waals surface area contributed by atoms with Crippen molar-refractivity contribution < 1.29 is 0 Å². The lowest BCUT2D eigenvalue weighted by molar-refractivity contribution is 0.306. The summed E-state index contributed by atoms with van der Waals surface area (Å²) in [5.74, 6) is 0.898. The lowest BCUT2D eigenvalue weighted by Gasteiger charge is -2.39. The van der Waals surface area contributed by atoms with Crippen LogP contribution in [0.15, 0.2) is 12.3 Å². The van der Waals surface area contributed by atoms with Gasteiger partial charge in [-0.05, 0) is 38.7 Å². The van der Waals surface area contributed by atoms with Crippen molar-refractivity contribution in [1.82, 2.24) is 4.98 Å². The van der Waals surface area contributed by atoms with Crippen LogP contribution in [0.4, 0.5) is 11.5 Å². The highest BCUT2D eigenvalue weighted by Gasteiger charge is 2.31. The Hall–Kier alpha value is -1.25. The average Bonchev–Trinajstić information content (AvgIpc) is 2.09. The van der Waals surface area contributed by atoms with Crippen LogP contribution in [-0.4, -0.2) is 10.5 Å². The molecule has 2 rings (SSSR count). The van der Waals surface area contributed by atoms with Crippen molar-refractivity contribution in [2.45, 2.75) is 38.6 Å². The maximum atomic E-state index is 5.82. The maximum absolute atomic E-state index is 5.82. The van der Waals surface area contributed by atoms with Gasteiger partial charge in [-0.25, -0.2) is 4.98 Å². The summed E-state index contributed by atoms with van der Waals surface area (Å²) in [6, 6.07) is 1.92. The molecule has 3 heteroatoms. The Labute approximate surface area is 84.7 Å². The molecule has 0 aliphatic heterocycles.